The molecule has 0 radical (unpaired) electrons. The molecule has 0 spiro atoms. The number of fused-ring (bicyclic) bond motifs is 2. The highest BCUT2D eigenvalue weighted by Crippen LogP contribution is 2.33. The molecule has 2 atom stereocenters. The van der Waals surface area contributed by atoms with E-state index < -0.39 is 0 Å². The van der Waals surface area contributed by atoms with Crippen molar-refractivity contribution in [3.63, 3.8) is 0 Å². The van der Waals surface area contributed by atoms with E-state index in [9.17, 15) is 4.79 Å². The summed E-state index contributed by atoms with van der Waals surface area (Å²) in [7, 11) is 0. The normalized spacial score (nSPS) is 21.9. The van der Waals surface area contributed by atoms with Gasteiger partial charge in [-0.05, 0) is 43.2 Å². The molecule has 1 aromatic carbocycles. The number of carbonyl (C=O) groups excluding carboxylic acids is 1. The minimum Gasteiger partial charge on any atom is -0.347 e. The first-order chi connectivity index (χ1) is 13.0. The quantitative estimate of drug-likeness (QED) is 0.881. The first-order valence-corrected chi connectivity index (χ1v) is 10.1. The van der Waals surface area contributed by atoms with E-state index in [2.05, 4.69) is 51.6 Å². The molecule has 1 fully saturated rings. The summed E-state index contributed by atoms with van der Waals surface area (Å²) in [4.78, 5) is 14.9. The third kappa shape index (κ3) is 3.76. The predicted molar refractivity (Wildman–Crippen MR) is 104 cm³/mol. The second-order valence-corrected chi connectivity index (χ2v) is 8.27. The molecule has 6 nitrogen and oxygen atoms in total. The molecule has 2 aliphatic heterocycles. The number of hydrogen-bond donors (Lipinski definition) is 1. The first-order valence-electron chi connectivity index (χ1n) is 10.1. The molecule has 1 N–H and O–H groups in total. The Morgan fingerprint density at radius 2 is 1.81 bits per heavy atom. The van der Waals surface area contributed by atoms with E-state index in [0.717, 1.165) is 44.8 Å². The summed E-state index contributed by atoms with van der Waals surface area (Å²) >= 11 is 0. The zero-order valence-corrected chi connectivity index (χ0v) is 16.5. The van der Waals surface area contributed by atoms with E-state index in [1.165, 1.54) is 11.1 Å². The van der Waals surface area contributed by atoms with E-state index in [1.54, 1.807) is 0 Å². The topological polar surface area (TPSA) is 63.1 Å². The highest BCUT2D eigenvalue weighted by molar-refractivity contribution is 5.90. The van der Waals surface area contributed by atoms with Crippen LogP contribution in [0.2, 0.25) is 0 Å². The van der Waals surface area contributed by atoms with Gasteiger partial charge in [0.1, 0.15) is 5.82 Å². The van der Waals surface area contributed by atoms with Gasteiger partial charge in [-0.1, -0.05) is 31.2 Å². The van der Waals surface area contributed by atoms with Gasteiger partial charge >= 0.3 is 0 Å². The van der Waals surface area contributed by atoms with Crippen LogP contribution in [0.1, 0.15) is 48.3 Å². The minimum atomic E-state index is -0.118. The number of aryl methyl sites for hydroxylation is 1. The Balaban J connectivity index is 1.42. The molecule has 1 amide bonds. The summed E-state index contributed by atoms with van der Waals surface area (Å²) in [6.45, 7) is 10.1. The molecule has 0 aliphatic carbocycles. The molecule has 1 aromatic heterocycles. The van der Waals surface area contributed by atoms with Gasteiger partial charge in [0.15, 0.2) is 0 Å². The van der Waals surface area contributed by atoms with Crippen molar-refractivity contribution in [3.05, 3.63) is 47.0 Å². The molecule has 3 heterocycles. The lowest BCUT2D eigenvalue weighted by atomic mass is 9.89. The third-order valence-electron chi connectivity index (χ3n) is 5.80. The van der Waals surface area contributed by atoms with E-state index in [4.69, 9.17) is 0 Å². The van der Waals surface area contributed by atoms with Crippen LogP contribution in [-0.2, 0) is 25.9 Å². The van der Waals surface area contributed by atoms with Crippen molar-refractivity contribution in [2.75, 3.05) is 13.1 Å². The Morgan fingerprint density at radius 3 is 2.52 bits per heavy atom. The number of nitrogens with zero attached hydrogens (tertiary/aromatic N) is 4. The average Bonchev–Trinajstić information content (AvgIpc) is 3.22. The SMILES string of the molecule is CCc1ccc(CN2C[C@H]3Cc4nnc(C(=O)NC(C)C)n4C[C@@H]3C2)cc1. The van der Waals surface area contributed by atoms with Crippen LogP contribution in [0, 0.1) is 11.8 Å². The number of nitrogens with one attached hydrogen (secondary N) is 1. The monoisotopic (exact) mass is 367 g/mol. The standard InChI is InChI=1S/C21H29N5O/c1-4-15-5-7-16(8-6-15)10-25-11-17-9-19-23-24-20(21(27)22-14(2)3)26(19)13-18(17)12-25/h5-8,14,17-18H,4,9-13H2,1-3H3,(H,22,27)/t17-,18+/m1/s1. The fourth-order valence-electron chi connectivity index (χ4n) is 4.38. The van der Waals surface area contributed by atoms with Crippen molar-refractivity contribution in [1.82, 2.24) is 25.0 Å². The van der Waals surface area contributed by atoms with Gasteiger partial charge in [-0.2, -0.15) is 0 Å². The lowest BCUT2D eigenvalue weighted by Gasteiger charge is -2.25. The lowest BCUT2D eigenvalue weighted by molar-refractivity contribution is 0.0924. The van der Waals surface area contributed by atoms with Crippen LogP contribution in [0.25, 0.3) is 0 Å². The average molecular weight is 367 g/mol. The maximum absolute atomic E-state index is 12.4. The molecule has 4 rings (SSSR count). The number of amides is 1. The highest BCUT2D eigenvalue weighted by Gasteiger charge is 2.39. The van der Waals surface area contributed by atoms with Crippen molar-refractivity contribution in [3.8, 4) is 0 Å². The Kier molecular flexibility index (Phi) is 5.00. The number of benzene rings is 1. The second-order valence-electron chi connectivity index (χ2n) is 8.27. The fourth-order valence-corrected chi connectivity index (χ4v) is 4.38. The maximum Gasteiger partial charge on any atom is 0.289 e. The Bertz CT molecular complexity index is 810. The largest absolute Gasteiger partial charge is 0.347 e. The number of hydrogen-bond acceptors (Lipinski definition) is 4. The molecule has 6 heteroatoms. The molecule has 0 unspecified atom stereocenters. The number of rotatable bonds is 5. The number of carbonyl (C=O) groups is 1. The number of likely N-dealkylation sites (tertiary alicyclic amines) is 1. The summed E-state index contributed by atoms with van der Waals surface area (Å²) in [5.41, 5.74) is 2.77. The van der Waals surface area contributed by atoms with Gasteiger partial charge in [-0.3, -0.25) is 9.69 Å². The predicted octanol–water partition coefficient (Wildman–Crippen LogP) is 2.28. The van der Waals surface area contributed by atoms with Gasteiger partial charge < -0.3 is 9.88 Å². The van der Waals surface area contributed by atoms with Gasteiger partial charge in [0, 0.05) is 38.6 Å². The Hall–Kier alpha value is -2.21. The van der Waals surface area contributed by atoms with Crippen LogP contribution in [-0.4, -0.2) is 44.7 Å². The van der Waals surface area contributed by atoms with Gasteiger partial charge in [0.25, 0.3) is 5.91 Å². The van der Waals surface area contributed by atoms with Crippen LogP contribution >= 0.6 is 0 Å². The van der Waals surface area contributed by atoms with Crippen molar-refractivity contribution >= 4 is 5.91 Å². The number of aromatic nitrogens is 3. The van der Waals surface area contributed by atoms with Crippen LogP contribution < -0.4 is 5.32 Å². The minimum absolute atomic E-state index is 0.0999. The van der Waals surface area contributed by atoms with Crippen molar-refractivity contribution < 1.29 is 4.79 Å². The van der Waals surface area contributed by atoms with E-state index in [0.29, 0.717) is 17.7 Å². The summed E-state index contributed by atoms with van der Waals surface area (Å²) < 4.78 is 2.04. The third-order valence-corrected chi connectivity index (χ3v) is 5.80. The summed E-state index contributed by atoms with van der Waals surface area (Å²) in [5, 5.41) is 11.4. The molecule has 0 saturated carbocycles. The van der Waals surface area contributed by atoms with Crippen LogP contribution in [0.5, 0.6) is 0 Å². The van der Waals surface area contributed by atoms with Gasteiger partial charge in [-0.15, -0.1) is 10.2 Å². The highest BCUT2D eigenvalue weighted by atomic mass is 16.2. The van der Waals surface area contributed by atoms with Crippen LogP contribution in [0.3, 0.4) is 0 Å². The van der Waals surface area contributed by atoms with Gasteiger partial charge in [0.2, 0.25) is 5.82 Å². The first kappa shape index (κ1) is 18.2. The summed E-state index contributed by atoms with van der Waals surface area (Å²) in [6.07, 6.45) is 2.00. The smallest absolute Gasteiger partial charge is 0.289 e. The van der Waals surface area contributed by atoms with Crippen molar-refractivity contribution in [1.29, 1.82) is 0 Å². The van der Waals surface area contributed by atoms with Crippen LogP contribution in [0.15, 0.2) is 24.3 Å². The van der Waals surface area contributed by atoms with E-state index in [1.807, 2.05) is 18.4 Å². The summed E-state index contributed by atoms with van der Waals surface area (Å²) in [5.74, 6) is 2.48. The second kappa shape index (κ2) is 7.43. The lowest BCUT2D eigenvalue weighted by Crippen LogP contribution is -2.35. The molecule has 2 aromatic rings. The van der Waals surface area contributed by atoms with Gasteiger partial charge in [0.05, 0.1) is 0 Å². The van der Waals surface area contributed by atoms with Crippen LogP contribution in [0.4, 0.5) is 0 Å². The van der Waals surface area contributed by atoms with E-state index >= 15 is 0 Å². The molecular formula is C21H29N5O. The zero-order chi connectivity index (χ0) is 19.0. The molecule has 27 heavy (non-hydrogen) atoms. The Morgan fingerprint density at radius 1 is 1.11 bits per heavy atom. The maximum atomic E-state index is 12.4. The fraction of sp³-hybridized carbons (Fsp3) is 0.571. The van der Waals surface area contributed by atoms with Gasteiger partial charge in [-0.25, -0.2) is 0 Å². The summed E-state index contributed by atoms with van der Waals surface area (Å²) in [6, 6.07) is 9.08. The zero-order valence-electron chi connectivity index (χ0n) is 16.5. The Labute approximate surface area is 161 Å². The molecule has 1 saturated heterocycles. The molecule has 2 aliphatic rings. The molecule has 144 valence electrons. The van der Waals surface area contributed by atoms with Crippen molar-refractivity contribution in [2.45, 2.75) is 52.7 Å². The van der Waals surface area contributed by atoms with E-state index in [-0.39, 0.29) is 11.9 Å². The molecule has 0 bridgehead atoms. The van der Waals surface area contributed by atoms with Crippen molar-refractivity contribution in [2.24, 2.45) is 11.8 Å². The molecular weight excluding hydrogens is 338 g/mol.